The van der Waals surface area contributed by atoms with E-state index in [0.717, 1.165) is 31.8 Å². The second-order valence-electron chi connectivity index (χ2n) is 8.45. The van der Waals surface area contributed by atoms with Crippen LogP contribution in [0.25, 0.3) is 0 Å². The van der Waals surface area contributed by atoms with Crippen molar-refractivity contribution in [3.05, 3.63) is 0 Å². The van der Waals surface area contributed by atoms with Gasteiger partial charge in [0, 0.05) is 18.5 Å². The first kappa shape index (κ1) is 17.8. The lowest BCUT2D eigenvalue weighted by Gasteiger charge is -2.67. The van der Waals surface area contributed by atoms with Crippen molar-refractivity contribution in [1.29, 1.82) is 10.5 Å². The number of likely N-dealkylation sites (tertiary alicyclic amines) is 2. The van der Waals surface area contributed by atoms with E-state index in [1.165, 1.54) is 0 Å². The predicted molar refractivity (Wildman–Crippen MR) is 102 cm³/mol. The minimum absolute atomic E-state index is 0.467. The van der Waals surface area contributed by atoms with E-state index in [9.17, 15) is 10.5 Å². The van der Waals surface area contributed by atoms with Crippen molar-refractivity contribution >= 4 is 23.0 Å². The number of fused-ring (bicyclic) bond motifs is 2. The molecule has 2 unspecified atom stereocenters. The Labute approximate surface area is 160 Å². The van der Waals surface area contributed by atoms with E-state index < -0.39 is 16.2 Å². The van der Waals surface area contributed by atoms with E-state index in [1.807, 2.05) is 19.0 Å². The number of nitriles is 2. The Balaban J connectivity index is 2.00. The quantitative estimate of drug-likeness (QED) is 0.576. The fraction of sp³-hybridized carbons (Fsp3) is 0.778. The predicted octanol–water partition coefficient (Wildman–Crippen LogP) is 0.566. The molecule has 3 saturated heterocycles. The van der Waals surface area contributed by atoms with E-state index in [1.54, 1.807) is 0 Å². The summed E-state index contributed by atoms with van der Waals surface area (Å²) >= 11 is 5.96. The van der Waals surface area contributed by atoms with Crippen molar-refractivity contribution in [1.82, 2.24) is 19.6 Å². The molecule has 0 aliphatic carbocycles. The van der Waals surface area contributed by atoms with Gasteiger partial charge in [-0.05, 0) is 47.1 Å². The molecular formula is C18H25N7S. The van der Waals surface area contributed by atoms with Crippen molar-refractivity contribution in [3.8, 4) is 12.1 Å². The molecule has 1 spiro atoms. The first-order chi connectivity index (χ1) is 12.4. The molecular weight excluding hydrogens is 346 g/mol. The normalized spacial score (nSPS) is 37.7. The fourth-order valence-corrected chi connectivity index (χ4v) is 6.16. The summed E-state index contributed by atoms with van der Waals surface area (Å²) in [4.78, 5) is 13.9. The first-order valence-corrected chi connectivity index (χ1v) is 9.52. The molecule has 2 bridgehead atoms. The van der Waals surface area contributed by atoms with Gasteiger partial charge in [0.05, 0.1) is 25.5 Å². The summed E-state index contributed by atoms with van der Waals surface area (Å²) in [5.41, 5.74) is -2.09. The molecule has 8 heteroatoms. The Bertz CT molecular complexity index is 756. The summed E-state index contributed by atoms with van der Waals surface area (Å²) < 4.78 is 0. The van der Waals surface area contributed by atoms with Gasteiger partial charge in [0.1, 0.15) is 21.7 Å². The second kappa shape index (κ2) is 5.71. The van der Waals surface area contributed by atoms with Crippen LogP contribution < -0.4 is 0 Å². The number of rotatable bonds is 0. The van der Waals surface area contributed by atoms with Crippen LogP contribution in [0.5, 0.6) is 0 Å². The van der Waals surface area contributed by atoms with Gasteiger partial charge in [-0.15, -0.1) is 0 Å². The molecule has 0 saturated carbocycles. The molecule has 2 atom stereocenters. The minimum atomic E-state index is -0.830. The summed E-state index contributed by atoms with van der Waals surface area (Å²) in [7, 11) is 6.09. The summed E-state index contributed by atoms with van der Waals surface area (Å²) in [5.74, 6) is 0.796. The zero-order valence-corrected chi connectivity index (χ0v) is 16.5. The van der Waals surface area contributed by atoms with Crippen LogP contribution >= 0.6 is 12.2 Å². The van der Waals surface area contributed by atoms with Crippen molar-refractivity contribution in [2.75, 3.05) is 60.7 Å². The van der Waals surface area contributed by atoms with Gasteiger partial charge in [-0.3, -0.25) is 9.89 Å². The van der Waals surface area contributed by atoms with Crippen LogP contribution in [-0.4, -0.2) is 91.1 Å². The maximum Gasteiger partial charge on any atom is 0.135 e. The molecule has 3 fully saturated rings. The van der Waals surface area contributed by atoms with E-state index in [0.29, 0.717) is 31.4 Å². The third kappa shape index (κ3) is 1.91. The SMILES string of the molecule is CN1CCC2(CC1)C1(C#N)CN(C)CC2(C#N)C2=NCN(C)CN2C1=S. The van der Waals surface area contributed by atoms with Crippen molar-refractivity contribution < 1.29 is 0 Å². The van der Waals surface area contributed by atoms with Crippen LogP contribution in [0, 0.1) is 38.9 Å². The number of nitrogens with zero attached hydrogens (tertiary/aromatic N) is 7. The third-order valence-electron chi connectivity index (χ3n) is 6.96. The molecule has 26 heavy (non-hydrogen) atoms. The van der Waals surface area contributed by atoms with Crippen molar-refractivity contribution in [2.24, 2.45) is 21.2 Å². The molecule has 0 aromatic heterocycles. The van der Waals surface area contributed by atoms with Crippen LogP contribution in [0.4, 0.5) is 0 Å². The van der Waals surface area contributed by atoms with Gasteiger partial charge in [-0.2, -0.15) is 10.5 Å². The molecule has 4 rings (SSSR count). The number of piperidine rings is 3. The molecule has 0 radical (unpaired) electrons. The maximum absolute atomic E-state index is 10.5. The Morgan fingerprint density at radius 2 is 1.58 bits per heavy atom. The number of hydrogen-bond acceptors (Lipinski definition) is 7. The van der Waals surface area contributed by atoms with E-state index in [2.05, 4.69) is 33.9 Å². The Morgan fingerprint density at radius 1 is 0.962 bits per heavy atom. The lowest BCUT2D eigenvalue weighted by atomic mass is 9.43. The topological polar surface area (TPSA) is 72.9 Å². The van der Waals surface area contributed by atoms with E-state index in [4.69, 9.17) is 17.2 Å². The highest BCUT2D eigenvalue weighted by molar-refractivity contribution is 7.80. The number of aliphatic imine (C=N–C) groups is 1. The second-order valence-corrected chi connectivity index (χ2v) is 8.83. The average molecular weight is 372 g/mol. The Kier molecular flexibility index (Phi) is 3.91. The highest BCUT2D eigenvalue weighted by Gasteiger charge is 2.75. The van der Waals surface area contributed by atoms with Crippen LogP contribution in [-0.2, 0) is 0 Å². The van der Waals surface area contributed by atoms with Crippen LogP contribution in [0.2, 0.25) is 0 Å². The minimum Gasteiger partial charge on any atom is -0.308 e. The zero-order valence-electron chi connectivity index (χ0n) is 15.7. The third-order valence-corrected chi connectivity index (χ3v) is 7.53. The molecule has 4 heterocycles. The Hall–Kier alpha value is -1.58. The number of amidine groups is 1. The highest BCUT2D eigenvalue weighted by Crippen LogP contribution is 2.65. The molecule has 0 amide bonds. The molecule has 0 aromatic carbocycles. The zero-order chi connectivity index (χ0) is 18.7. The van der Waals surface area contributed by atoms with Gasteiger partial charge in [0.2, 0.25) is 0 Å². The summed E-state index contributed by atoms with van der Waals surface area (Å²) in [6.45, 7) is 4.13. The standard InChI is InChI=1S/C18H25N7S/c1-22-6-4-18(5-7-22)16(8-19)10-23(2)11-17(18,9-20)15(26)25-13-24(3)12-21-14(16)25/h4-7,10-13H2,1-3H3. The smallest absolute Gasteiger partial charge is 0.135 e. The molecule has 0 N–H and O–H groups in total. The molecule has 0 aromatic rings. The van der Waals surface area contributed by atoms with Crippen LogP contribution in [0.3, 0.4) is 0 Å². The van der Waals surface area contributed by atoms with Crippen molar-refractivity contribution in [3.63, 3.8) is 0 Å². The van der Waals surface area contributed by atoms with Gasteiger partial charge in [0.15, 0.2) is 0 Å². The van der Waals surface area contributed by atoms with Crippen molar-refractivity contribution in [2.45, 2.75) is 12.8 Å². The summed E-state index contributed by atoms with van der Waals surface area (Å²) in [6, 6.07) is 5.33. The highest BCUT2D eigenvalue weighted by atomic mass is 32.1. The van der Waals surface area contributed by atoms with Gasteiger partial charge in [0.25, 0.3) is 0 Å². The molecule has 138 valence electrons. The molecule has 4 aliphatic heterocycles. The van der Waals surface area contributed by atoms with Gasteiger partial charge in [-0.1, -0.05) is 12.2 Å². The average Bonchev–Trinajstić information content (AvgIpc) is 2.63. The lowest BCUT2D eigenvalue weighted by Crippen LogP contribution is -2.79. The van der Waals surface area contributed by atoms with Crippen LogP contribution in [0.15, 0.2) is 4.99 Å². The monoisotopic (exact) mass is 371 g/mol. The van der Waals surface area contributed by atoms with Gasteiger partial charge < -0.3 is 14.7 Å². The van der Waals surface area contributed by atoms with Gasteiger partial charge >= 0.3 is 0 Å². The fourth-order valence-electron chi connectivity index (χ4n) is 5.71. The number of hydrogen-bond donors (Lipinski definition) is 0. The largest absolute Gasteiger partial charge is 0.308 e. The van der Waals surface area contributed by atoms with Gasteiger partial charge in [-0.25, -0.2) is 0 Å². The lowest BCUT2D eigenvalue weighted by molar-refractivity contribution is -0.0874. The maximum atomic E-state index is 10.5. The van der Waals surface area contributed by atoms with Crippen LogP contribution in [0.1, 0.15) is 12.8 Å². The molecule has 4 aliphatic rings. The first-order valence-electron chi connectivity index (χ1n) is 9.11. The number of thiocarbonyl (C=S) groups is 1. The van der Waals surface area contributed by atoms with E-state index in [-0.39, 0.29) is 0 Å². The summed E-state index contributed by atoms with van der Waals surface area (Å²) in [6.07, 6.45) is 1.61. The summed E-state index contributed by atoms with van der Waals surface area (Å²) in [5, 5.41) is 21.0. The Morgan fingerprint density at radius 3 is 2.19 bits per heavy atom. The molecule has 7 nitrogen and oxygen atoms in total. The van der Waals surface area contributed by atoms with E-state index >= 15 is 0 Å².